The van der Waals surface area contributed by atoms with Crippen LogP contribution in [0.25, 0.3) is 0 Å². The van der Waals surface area contributed by atoms with Gasteiger partial charge in [-0.1, -0.05) is 18.9 Å². The van der Waals surface area contributed by atoms with E-state index in [2.05, 4.69) is 29.0 Å². The number of hydrogen-bond donors (Lipinski definition) is 2. The number of rotatable bonds is 8. The van der Waals surface area contributed by atoms with E-state index in [-0.39, 0.29) is 0 Å². The molecule has 21 heavy (non-hydrogen) atoms. The van der Waals surface area contributed by atoms with Crippen molar-refractivity contribution in [3.8, 4) is 0 Å². The third-order valence-corrected chi connectivity index (χ3v) is 4.40. The van der Waals surface area contributed by atoms with Crippen molar-refractivity contribution in [1.82, 2.24) is 15.5 Å². The van der Waals surface area contributed by atoms with Crippen molar-refractivity contribution < 1.29 is 0 Å². The molecular weight excluding hydrogens is 260 g/mol. The van der Waals surface area contributed by atoms with Gasteiger partial charge < -0.3 is 10.6 Å². The molecule has 4 nitrogen and oxygen atoms in total. The lowest BCUT2D eigenvalue weighted by Gasteiger charge is -2.32. The largest absolute Gasteiger partial charge is 0.357 e. The van der Waals surface area contributed by atoms with Crippen LogP contribution in [0.15, 0.2) is 17.6 Å². The highest BCUT2D eigenvalue weighted by molar-refractivity contribution is 5.80. The average molecular weight is 292 g/mol. The normalized spacial score (nSPS) is 21.3. The molecule has 0 aromatic heterocycles. The van der Waals surface area contributed by atoms with E-state index >= 15 is 0 Å². The number of piperidine rings is 1. The minimum absolute atomic E-state index is 0.562. The Morgan fingerprint density at radius 3 is 2.67 bits per heavy atom. The quantitative estimate of drug-likeness (QED) is 0.312. The van der Waals surface area contributed by atoms with E-state index in [1.165, 1.54) is 38.5 Å². The standard InChI is InChI=1S/C17H32N4/c1-3-12-21-13-9-16(10-14-21)20-17(18-4-2)19-11-5-6-15-7-8-15/h3,15-16H,1,4-14H2,2H3,(H2,18,19,20). The molecule has 0 bridgehead atoms. The molecule has 4 heteroatoms. The lowest BCUT2D eigenvalue weighted by Crippen LogP contribution is -2.48. The maximum atomic E-state index is 4.73. The number of nitrogens with one attached hydrogen (secondary N) is 2. The van der Waals surface area contributed by atoms with Crippen molar-refractivity contribution >= 4 is 5.96 Å². The summed E-state index contributed by atoms with van der Waals surface area (Å²) in [6, 6.07) is 0.562. The Kier molecular flexibility index (Phi) is 7.07. The van der Waals surface area contributed by atoms with Gasteiger partial charge in [-0.05, 0) is 38.5 Å². The molecule has 1 heterocycles. The van der Waals surface area contributed by atoms with Gasteiger partial charge >= 0.3 is 0 Å². The van der Waals surface area contributed by atoms with Crippen LogP contribution in [0, 0.1) is 5.92 Å². The highest BCUT2D eigenvalue weighted by Gasteiger charge is 2.20. The van der Waals surface area contributed by atoms with Gasteiger partial charge in [0, 0.05) is 38.8 Å². The highest BCUT2D eigenvalue weighted by Crippen LogP contribution is 2.33. The van der Waals surface area contributed by atoms with Crippen molar-refractivity contribution in [2.45, 2.75) is 51.5 Å². The minimum atomic E-state index is 0.562. The van der Waals surface area contributed by atoms with E-state index in [1.807, 2.05) is 6.08 Å². The van der Waals surface area contributed by atoms with Crippen LogP contribution < -0.4 is 10.6 Å². The molecule has 0 unspecified atom stereocenters. The second-order valence-electron chi connectivity index (χ2n) is 6.35. The fourth-order valence-corrected chi connectivity index (χ4v) is 2.93. The molecule has 0 radical (unpaired) electrons. The van der Waals surface area contributed by atoms with E-state index < -0.39 is 0 Å². The van der Waals surface area contributed by atoms with E-state index in [1.54, 1.807) is 0 Å². The van der Waals surface area contributed by atoms with E-state index in [4.69, 9.17) is 4.99 Å². The molecule has 2 rings (SSSR count). The Morgan fingerprint density at radius 1 is 1.29 bits per heavy atom. The Labute approximate surface area is 130 Å². The zero-order valence-corrected chi connectivity index (χ0v) is 13.6. The van der Waals surface area contributed by atoms with Crippen LogP contribution in [0.5, 0.6) is 0 Å². The maximum Gasteiger partial charge on any atom is 0.191 e. The van der Waals surface area contributed by atoms with E-state index in [0.717, 1.165) is 44.6 Å². The highest BCUT2D eigenvalue weighted by atomic mass is 15.2. The van der Waals surface area contributed by atoms with Crippen LogP contribution >= 0.6 is 0 Å². The molecule has 0 aromatic rings. The van der Waals surface area contributed by atoms with Crippen molar-refractivity contribution in [2.24, 2.45) is 10.9 Å². The Hall–Kier alpha value is -1.03. The summed E-state index contributed by atoms with van der Waals surface area (Å²) < 4.78 is 0. The lowest BCUT2D eigenvalue weighted by molar-refractivity contribution is 0.225. The van der Waals surface area contributed by atoms with Gasteiger partial charge in [0.15, 0.2) is 5.96 Å². The second-order valence-corrected chi connectivity index (χ2v) is 6.35. The van der Waals surface area contributed by atoms with Gasteiger partial charge in [-0.3, -0.25) is 9.89 Å². The van der Waals surface area contributed by atoms with Gasteiger partial charge in [-0.2, -0.15) is 0 Å². The van der Waals surface area contributed by atoms with Crippen LogP contribution in [0.3, 0.4) is 0 Å². The third-order valence-electron chi connectivity index (χ3n) is 4.40. The Morgan fingerprint density at radius 2 is 2.05 bits per heavy atom. The summed E-state index contributed by atoms with van der Waals surface area (Å²) in [7, 11) is 0. The molecule has 0 aromatic carbocycles. The molecule has 0 spiro atoms. The zero-order chi connectivity index (χ0) is 14.9. The number of hydrogen-bond acceptors (Lipinski definition) is 2. The Bertz CT molecular complexity index is 328. The smallest absolute Gasteiger partial charge is 0.191 e. The van der Waals surface area contributed by atoms with Crippen molar-refractivity contribution in [1.29, 1.82) is 0 Å². The SMILES string of the molecule is C=CCN1CCC(NC(=NCCCC2CC2)NCC)CC1. The molecular formula is C17H32N4. The fourth-order valence-electron chi connectivity index (χ4n) is 2.93. The molecule has 2 N–H and O–H groups in total. The van der Waals surface area contributed by atoms with Crippen LogP contribution in [-0.4, -0.2) is 49.6 Å². The van der Waals surface area contributed by atoms with Crippen LogP contribution in [0.4, 0.5) is 0 Å². The van der Waals surface area contributed by atoms with Gasteiger partial charge in [0.2, 0.25) is 0 Å². The van der Waals surface area contributed by atoms with E-state index in [9.17, 15) is 0 Å². The summed E-state index contributed by atoms with van der Waals surface area (Å²) >= 11 is 0. The first-order valence-corrected chi connectivity index (χ1v) is 8.70. The Balaban J connectivity index is 1.68. The van der Waals surface area contributed by atoms with Gasteiger partial charge in [0.25, 0.3) is 0 Å². The molecule has 1 aliphatic carbocycles. The summed E-state index contributed by atoms with van der Waals surface area (Å²) in [5.74, 6) is 2.03. The monoisotopic (exact) mass is 292 g/mol. The van der Waals surface area contributed by atoms with Crippen LogP contribution in [0.1, 0.15) is 45.4 Å². The molecule has 0 amide bonds. The summed E-state index contributed by atoms with van der Waals surface area (Å²) in [4.78, 5) is 7.19. The summed E-state index contributed by atoms with van der Waals surface area (Å²) in [6.45, 7) is 11.2. The van der Waals surface area contributed by atoms with Gasteiger partial charge in [-0.15, -0.1) is 6.58 Å². The first-order chi connectivity index (χ1) is 10.3. The predicted octanol–water partition coefficient (Wildman–Crippen LogP) is 2.38. The van der Waals surface area contributed by atoms with Crippen LogP contribution in [0.2, 0.25) is 0 Å². The number of nitrogens with zero attached hydrogens (tertiary/aromatic N) is 2. The van der Waals surface area contributed by atoms with Crippen LogP contribution in [-0.2, 0) is 0 Å². The zero-order valence-electron chi connectivity index (χ0n) is 13.6. The van der Waals surface area contributed by atoms with Crippen molar-refractivity contribution in [2.75, 3.05) is 32.7 Å². The molecule has 1 saturated heterocycles. The van der Waals surface area contributed by atoms with Gasteiger partial charge in [-0.25, -0.2) is 0 Å². The topological polar surface area (TPSA) is 39.7 Å². The van der Waals surface area contributed by atoms with Gasteiger partial charge in [0.1, 0.15) is 0 Å². The molecule has 1 aliphatic heterocycles. The molecule has 2 aliphatic rings. The summed E-state index contributed by atoms with van der Waals surface area (Å²) in [6.07, 6.45) is 9.89. The van der Waals surface area contributed by atoms with Crippen molar-refractivity contribution in [3.63, 3.8) is 0 Å². The average Bonchev–Trinajstić information content (AvgIpc) is 3.30. The number of guanidine groups is 1. The maximum absolute atomic E-state index is 4.73. The minimum Gasteiger partial charge on any atom is -0.357 e. The number of aliphatic imine (C=N–C) groups is 1. The first-order valence-electron chi connectivity index (χ1n) is 8.70. The summed E-state index contributed by atoms with van der Waals surface area (Å²) in [5.41, 5.74) is 0. The van der Waals surface area contributed by atoms with Gasteiger partial charge in [0.05, 0.1) is 0 Å². The first kappa shape index (κ1) is 16.3. The molecule has 120 valence electrons. The summed E-state index contributed by atoms with van der Waals surface area (Å²) in [5, 5.41) is 6.99. The van der Waals surface area contributed by atoms with Crippen molar-refractivity contribution in [3.05, 3.63) is 12.7 Å². The van der Waals surface area contributed by atoms with E-state index in [0.29, 0.717) is 6.04 Å². The molecule has 2 fully saturated rings. The second kappa shape index (κ2) is 9.08. The third kappa shape index (κ3) is 6.51. The lowest BCUT2D eigenvalue weighted by atomic mass is 10.1. The predicted molar refractivity (Wildman–Crippen MR) is 90.7 cm³/mol. The fraction of sp³-hybridized carbons (Fsp3) is 0.824. The molecule has 0 atom stereocenters. The molecule has 1 saturated carbocycles. The number of likely N-dealkylation sites (tertiary alicyclic amines) is 1.